The Kier molecular flexibility index (Phi) is 4.25. The summed E-state index contributed by atoms with van der Waals surface area (Å²) in [5.41, 5.74) is 10.7. The monoisotopic (exact) mass is 286 g/mol. The Balaban J connectivity index is 2.46. The number of hydrogen-bond acceptors (Lipinski definition) is 3. The van der Waals surface area contributed by atoms with Crippen LogP contribution in [0.25, 0.3) is 0 Å². The minimum absolute atomic E-state index is 0.374. The van der Waals surface area contributed by atoms with Crippen LogP contribution in [0.4, 0.5) is 11.4 Å². The highest BCUT2D eigenvalue weighted by atomic mass is 32.1. The van der Waals surface area contributed by atoms with E-state index < -0.39 is 0 Å². The smallest absolute Gasteiger partial charge is 0.142 e. The van der Waals surface area contributed by atoms with Gasteiger partial charge in [0.2, 0.25) is 0 Å². The summed E-state index contributed by atoms with van der Waals surface area (Å²) in [5.74, 6) is 0.783. The third-order valence-electron chi connectivity index (χ3n) is 3.06. The molecule has 0 heterocycles. The first kappa shape index (κ1) is 14.3. The summed E-state index contributed by atoms with van der Waals surface area (Å²) in [6, 6.07) is 11.9. The number of ether oxygens (including phenoxy) is 1. The Bertz CT molecular complexity index is 653. The van der Waals surface area contributed by atoms with Gasteiger partial charge in [0.1, 0.15) is 10.7 Å². The van der Waals surface area contributed by atoms with E-state index in [9.17, 15) is 0 Å². The van der Waals surface area contributed by atoms with Gasteiger partial charge < -0.3 is 15.8 Å². The van der Waals surface area contributed by atoms with E-state index in [2.05, 4.69) is 5.32 Å². The van der Waals surface area contributed by atoms with Crippen LogP contribution >= 0.6 is 12.2 Å². The molecule has 0 atom stereocenters. The molecule has 0 aromatic heterocycles. The topological polar surface area (TPSA) is 47.3 Å². The summed E-state index contributed by atoms with van der Waals surface area (Å²) in [4.78, 5) is 0.374. The Morgan fingerprint density at radius 3 is 2.25 bits per heavy atom. The van der Waals surface area contributed by atoms with Crippen LogP contribution in [0.3, 0.4) is 0 Å². The van der Waals surface area contributed by atoms with Crippen molar-refractivity contribution in [3.8, 4) is 5.75 Å². The van der Waals surface area contributed by atoms with Crippen LogP contribution in [-0.4, -0.2) is 12.1 Å². The van der Waals surface area contributed by atoms with Crippen LogP contribution in [0.1, 0.15) is 16.7 Å². The molecule has 20 heavy (non-hydrogen) atoms. The average molecular weight is 286 g/mol. The number of methoxy groups -OCH3 is 1. The number of benzene rings is 2. The zero-order valence-corrected chi connectivity index (χ0v) is 12.7. The van der Waals surface area contributed by atoms with Gasteiger partial charge >= 0.3 is 0 Å². The predicted octanol–water partition coefficient (Wildman–Crippen LogP) is 3.69. The fraction of sp³-hybridized carbons (Fsp3) is 0.188. The van der Waals surface area contributed by atoms with E-state index in [1.54, 1.807) is 7.11 Å². The zero-order valence-electron chi connectivity index (χ0n) is 11.9. The van der Waals surface area contributed by atoms with Crippen LogP contribution in [0.2, 0.25) is 0 Å². The van der Waals surface area contributed by atoms with Crippen molar-refractivity contribution >= 4 is 28.6 Å². The second-order valence-electron chi connectivity index (χ2n) is 4.74. The van der Waals surface area contributed by atoms with Crippen molar-refractivity contribution in [2.45, 2.75) is 13.8 Å². The Morgan fingerprint density at radius 2 is 1.65 bits per heavy atom. The van der Waals surface area contributed by atoms with Gasteiger partial charge in [0.25, 0.3) is 0 Å². The number of nitrogens with one attached hydrogen (secondary N) is 1. The molecule has 3 N–H and O–H groups in total. The van der Waals surface area contributed by atoms with Crippen molar-refractivity contribution in [3.63, 3.8) is 0 Å². The summed E-state index contributed by atoms with van der Waals surface area (Å²) in [7, 11) is 1.65. The molecule has 0 unspecified atom stereocenters. The van der Waals surface area contributed by atoms with Gasteiger partial charge in [-0.2, -0.15) is 0 Å². The molecule has 104 valence electrons. The molecule has 0 aliphatic carbocycles. The normalized spacial score (nSPS) is 10.2. The number of aryl methyl sites for hydroxylation is 2. The van der Waals surface area contributed by atoms with Crippen molar-refractivity contribution < 1.29 is 4.74 Å². The van der Waals surface area contributed by atoms with Crippen LogP contribution in [-0.2, 0) is 0 Å². The molecule has 2 rings (SSSR count). The lowest BCUT2D eigenvalue weighted by atomic mass is 10.1. The lowest BCUT2D eigenvalue weighted by molar-refractivity contribution is 0.416. The number of nitrogens with two attached hydrogens (primary N) is 1. The molecule has 0 fully saturated rings. The molecule has 2 aromatic rings. The minimum atomic E-state index is 0.374. The Hall–Kier alpha value is -2.07. The second kappa shape index (κ2) is 5.92. The van der Waals surface area contributed by atoms with Crippen molar-refractivity contribution in [1.29, 1.82) is 0 Å². The molecule has 2 aromatic carbocycles. The van der Waals surface area contributed by atoms with Gasteiger partial charge in [0.05, 0.1) is 12.8 Å². The molecule has 0 saturated heterocycles. The maximum atomic E-state index is 5.78. The highest BCUT2D eigenvalue weighted by Gasteiger charge is 2.09. The number of rotatable bonds is 4. The highest BCUT2D eigenvalue weighted by molar-refractivity contribution is 7.80. The molecular weight excluding hydrogens is 268 g/mol. The molecule has 0 saturated carbocycles. The van der Waals surface area contributed by atoms with Crippen molar-refractivity contribution in [2.75, 3.05) is 12.4 Å². The summed E-state index contributed by atoms with van der Waals surface area (Å²) in [6.07, 6.45) is 0. The van der Waals surface area contributed by atoms with Gasteiger partial charge in [-0.15, -0.1) is 0 Å². The Labute approximate surface area is 124 Å². The van der Waals surface area contributed by atoms with Crippen molar-refractivity contribution in [2.24, 2.45) is 5.73 Å². The summed E-state index contributed by atoms with van der Waals surface area (Å²) >= 11 is 5.10. The molecule has 0 bridgehead atoms. The van der Waals surface area contributed by atoms with Gasteiger partial charge in [-0.25, -0.2) is 0 Å². The molecule has 0 aliphatic rings. The van der Waals surface area contributed by atoms with Gasteiger partial charge in [0.15, 0.2) is 0 Å². The van der Waals surface area contributed by atoms with Gasteiger partial charge in [-0.3, -0.25) is 0 Å². The fourth-order valence-corrected chi connectivity index (χ4v) is 2.22. The second-order valence-corrected chi connectivity index (χ2v) is 5.18. The predicted molar refractivity (Wildman–Crippen MR) is 88.1 cm³/mol. The maximum Gasteiger partial charge on any atom is 0.142 e. The minimum Gasteiger partial charge on any atom is -0.495 e. The van der Waals surface area contributed by atoms with E-state index in [0.717, 1.165) is 33.8 Å². The lowest BCUT2D eigenvalue weighted by Crippen LogP contribution is -2.12. The van der Waals surface area contributed by atoms with E-state index in [1.165, 1.54) is 0 Å². The first-order valence-corrected chi connectivity index (χ1v) is 6.74. The number of thiocarbonyl (C=S) groups is 1. The third-order valence-corrected chi connectivity index (χ3v) is 3.28. The number of hydrogen-bond donors (Lipinski definition) is 2. The summed E-state index contributed by atoms with van der Waals surface area (Å²) < 4.78 is 5.38. The standard InChI is InChI=1S/C16H18N2OS/c1-10-4-6-12(16(17)20)13(8-10)18-14-9-11(2)5-7-15(14)19-3/h4-9,18H,1-3H3,(H2,17,20). The average Bonchev–Trinajstić information content (AvgIpc) is 2.38. The van der Waals surface area contributed by atoms with Crippen LogP contribution in [0.15, 0.2) is 36.4 Å². The quantitative estimate of drug-likeness (QED) is 0.842. The van der Waals surface area contributed by atoms with E-state index in [1.807, 2.05) is 50.2 Å². The molecule has 0 spiro atoms. The van der Waals surface area contributed by atoms with E-state index in [4.69, 9.17) is 22.7 Å². The lowest BCUT2D eigenvalue weighted by Gasteiger charge is -2.15. The van der Waals surface area contributed by atoms with E-state index in [-0.39, 0.29) is 0 Å². The van der Waals surface area contributed by atoms with Gasteiger partial charge in [-0.05, 0) is 49.2 Å². The largest absolute Gasteiger partial charge is 0.495 e. The maximum absolute atomic E-state index is 5.78. The first-order chi connectivity index (χ1) is 9.51. The van der Waals surface area contributed by atoms with Gasteiger partial charge in [0, 0.05) is 11.3 Å². The molecule has 0 aliphatic heterocycles. The molecule has 0 amide bonds. The van der Waals surface area contributed by atoms with Crippen molar-refractivity contribution in [3.05, 3.63) is 53.1 Å². The highest BCUT2D eigenvalue weighted by Crippen LogP contribution is 2.30. The summed E-state index contributed by atoms with van der Waals surface area (Å²) in [5, 5.41) is 3.36. The fourth-order valence-electron chi connectivity index (χ4n) is 2.04. The SMILES string of the molecule is COc1ccc(C)cc1Nc1cc(C)ccc1C(N)=S. The van der Waals surface area contributed by atoms with E-state index in [0.29, 0.717) is 4.99 Å². The third kappa shape index (κ3) is 3.08. The first-order valence-electron chi connectivity index (χ1n) is 6.33. The Morgan fingerprint density at radius 1 is 1.05 bits per heavy atom. The van der Waals surface area contributed by atoms with Gasteiger partial charge in [-0.1, -0.05) is 24.4 Å². The molecular formula is C16H18N2OS. The van der Waals surface area contributed by atoms with Crippen molar-refractivity contribution in [1.82, 2.24) is 0 Å². The number of anilines is 2. The van der Waals surface area contributed by atoms with Crippen LogP contribution in [0.5, 0.6) is 5.75 Å². The van der Waals surface area contributed by atoms with E-state index >= 15 is 0 Å². The molecule has 4 heteroatoms. The summed E-state index contributed by atoms with van der Waals surface area (Å²) in [6.45, 7) is 4.07. The van der Waals surface area contributed by atoms with Crippen LogP contribution in [0, 0.1) is 13.8 Å². The molecule has 0 radical (unpaired) electrons. The molecule has 3 nitrogen and oxygen atoms in total. The zero-order chi connectivity index (χ0) is 14.7. The van der Waals surface area contributed by atoms with Crippen LogP contribution < -0.4 is 15.8 Å².